The Kier molecular flexibility index (Phi) is 4.19. The number of aromatic nitrogens is 3. The molecule has 1 aliphatic carbocycles. The Hall–Kier alpha value is -3.09. The van der Waals surface area contributed by atoms with Crippen molar-refractivity contribution in [1.29, 1.82) is 0 Å². The largest absolute Gasteiger partial charge is 0.383 e. The second-order valence-corrected chi connectivity index (χ2v) is 8.32. The number of nitrogens with zero attached hydrogens (tertiary/aromatic N) is 4. The molecule has 0 radical (unpaired) electrons. The van der Waals surface area contributed by atoms with Crippen LogP contribution in [0.15, 0.2) is 30.7 Å². The number of benzene rings is 1. The van der Waals surface area contributed by atoms with Gasteiger partial charge in [-0.2, -0.15) is 0 Å². The summed E-state index contributed by atoms with van der Waals surface area (Å²) >= 11 is 0. The molecule has 1 fully saturated rings. The van der Waals surface area contributed by atoms with Crippen molar-refractivity contribution in [3.63, 3.8) is 0 Å². The lowest BCUT2D eigenvalue weighted by Crippen LogP contribution is -2.46. The van der Waals surface area contributed by atoms with E-state index in [9.17, 15) is 4.79 Å². The molecule has 29 heavy (non-hydrogen) atoms. The van der Waals surface area contributed by atoms with Crippen molar-refractivity contribution in [3.8, 4) is 11.1 Å². The van der Waals surface area contributed by atoms with E-state index in [1.165, 1.54) is 18.3 Å². The van der Waals surface area contributed by atoms with Crippen LogP contribution < -0.4 is 16.0 Å². The molecular weight excluding hydrogens is 364 g/mol. The Morgan fingerprint density at radius 2 is 2.10 bits per heavy atom. The molecule has 3 heterocycles. The number of urea groups is 1. The van der Waals surface area contributed by atoms with Crippen LogP contribution in [-0.2, 0) is 6.42 Å². The molecule has 0 saturated heterocycles. The summed E-state index contributed by atoms with van der Waals surface area (Å²) in [6.45, 7) is 4.97. The number of fused-ring (bicyclic) bond motifs is 2. The van der Waals surface area contributed by atoms with Gasteiger partial charge in [0.05, 0.1) is 5.39 Å². The number of hydrogen-bond donors (Lipinski definition) is 2. The van der Waals surface area contributed by atoms with Crippen molar-refractivity contribution in [3.05, 3.63) is 36.3 Å². The highest BCUT2D eigenvalue weighted by atomic mass is 16.2. The van der Waals surface area contributed by atoms with E-state index in [-0.39, 0.29) is 12.1 Å². The summed E-state index contributed by atoms with van der Waals surface area (Å²) < 4.78 is 2.13. The zero-order valence-corrected chi connectivity index (χ0v) is 16.9. The highest BCUT2D eigenvalue weighted by molar-refractivity contribution is 6.01. The smallest absolute Gasteiger partial charge is 0.322 e. The van der Waals surface area contributed by atoms with E-state index < -0.39 is 0 Å². The molecule has 1 aliphatic heterocycles. The summed E-state index contributed by atoms with van der Waals surface area (Å²) in [6, 6.07) is 6.93. The zero-order valence-electron chi connectivity index (χ0n) is 16.9. The lowest BCUT2D eigenvalue weighted by atomic mass is 9.93. The molecule has 0 bridgehead atoms. The van der Waals surface area contributed by atoms with Gasteiger partial charge >= 0.3 is 6.03 Å². The number of rotatable bonds is 3. The van der Waals surface area contributed by atoms with Crippen LogP contribution in [0.3, 0.4) is 0 Å². The fourth-order valence-electron chi connectivity index (χ4n) is 4.31. The van der Waals surface area contributed by atoms with Crippen LogP contribution >= 0.6 is 0 Å². The van der Waals surface area contributed by atoms with Gasteiger partial charge in [0.15, 0.2) is 0 Å². The average Bonchev–Trinajstić information content (AvgIpc) is 3.26. The van der Waals surface area contributed by atoms with E-state index >= 15 is 0 Å². The minimum absolute atomic E-state index is 0.0234. The number of amides is 2. The molecule has 7 nitrogen and oxygen atoms in total. The first-order valence-electron chi connectivity index (χ1n) is 10.3. The van der Waals surface area contributed by atoms with Crippen molar-refractivity contribution >= 4 is 28.6 Å². The van der Waals surface area contributed by atoms with Gasteiger partial charge in [0.1, 0.15) is 17.8 Å². The van der Waals surface area contributed by atoms with E-state index in [4.69, 9.17) is 5.73 Å². The van der Waals surface area contributed by atoms with Crippen LogP contribution in [0.5, 0.6) is 0 Å². The van der Waals surface area contributed by atoms with Crippen LogP contribution in [0.25, 0.3) is 22.2 Å². The standard InChI is InChI=1S/C22H26N6O/c1-13(2)28-11-17(19-20(23)24-12-25-21(19)28)14-6-7-18-15(10-14)8-9-27(18)22(29)26-16-4-3-5-16/h6-7,10-13,16H,3-5,8-9H2,1-2H3,(H,26,29)(H2,23,24,25). The number of nitrogen functional groups attached to an aromatic ring is 1. The highest BCUT2D eigenvalue weighted by Gasteiger charge is 2.28. The molecule has 2 aromatic heterocycles. The van der Waals surface area contributed by atoms with Gasteiger partial charge in [-0.25, -0.2) is 14.8 Å². The second-order valence-electron chi connectivity index (χ2n) is 8.32. The van der Waals surface area contributed by atoms with Gasteiger partial charge in [-0.3, -0.25) is 4.90 Å². The summed E-state index contributed by atoms with van der Waals surface area (Å²) in [7, 11) is 0. The Labute approximate surface area is 169 Å². The maximum atomic E-state index is 12.6. The maximum Gasteiger partial charge on any atom is 0.322 e. The topological polar surface area (TPSA) is 89.1 Å². The van der Waals surface area contributed by atoms with Crippen LogP contribution in [0, 0.1) is 0 Å². The third kappa shape index (κ3) is 2.92. The minimum Gasteiger partial charge on any atom is -0.383 e. The Morgan fingerprint density at radius 1 is 1.28 bits per heavy atom. The van der Waals surface area contributed by atoms with Gasteiger partial charge in [-0.15, -0.1) is 0 Å². The molecule has 0 unspecified atom stereocenters. The summed E-state index contributed by atoms with van der Waals surface area (Å²) in [5.74, 6) is 0.492. The lowest BCUT2D eigenvalue weighted by Gasteiger charge is -2.29. The number of nitrogens with one attached hydrogen (secondary N) is 1. The van der Waals surface area contributed by atoms with E-state index in [2.05, 4.69) is 58.1 Å². The lowest BCUT2D eigenvalue weighted by molar-refractivity contribution is 0.234. The fraction of sp³-hybridized carbons (Fsp3) is 0.409. The number of carbonyl (C=O) groups is 1. The molecule has 150 valence electrons. The van der Waals surface area contributed by atoms with Gasteiger partial charge in [-0.05, 0) is 62.8 Å². The number of anilines is 2. The molecule has 7 heteroatoms. The molecule has 1 aromatic carbocycles. The first kappa shape index (κ1) is 18.0. The van der Waals surface area contributed by atoms with Crippen molar-refractivity contribution < 1.29 is 4.79 Å². The normalized spacial score (nSPS) is 16.3. The van der Waals surface area contributed by atoms with Crippen LogP contribution in [0.4, 0.5) is 16.3 Å². The SMILES string of the molecule is CC(C)n1cc(-c2ccc3c(c2)CCN3C(=O)NC2CCC2)c2c(N)ncnc21. The fourth-order valence-corrected chi connectivity index (χ4v) is 4.31. The number of carbonyl (C=O) groups excluding carboxylic acids is 1. The first-order chi connectivity index (χ1) is 14.0. The molecule has 3 aromatic rings. The van der Waals surface area contributed by atoms with Gasteiger partial charge in [0.25, 0.3) is 0 Å². The minimum atomic E-state index is 0.0234. The summed E-state index contributed by atoms with van der Waals surface area (Å²) in [5, 5.41) is 4.03. The van der Waals surface area contributed by atoms with E-state index in [1.54, 1.807) is 0 Å². The average molecular weight is 390 g/mol. The van der Waals surface area contributed by atoms with Crippen molar-refractivity contribution in [2.45, 2.75) is 51.6 Å². The van der Waals surface area contributed by atoms with Crippen LogP contribution in [0.2, 0.25) is 0 Å². The van der Waals surface area contributed by atoms with Crippen LogP contribution in [0.1, 0.15) is 44.7 Å². The molecule has 2 amide bonds. The summed E-state index contributed by atoms with van der Waals surface area (Å²) in [6.07, 6.45) is 7.88. The molecule has 1 saturated carbocycles. The molecule has 2 aliphatic rings. The second kappa shape index (κ2) is 6.76. The summed E-state index contributed by atoms with van der Waals surface area (Å²) in [5.41, 5.74) is 11.4. The molecule has 0 atom stereocenters. The Bertz CT molecular complexity index is 1100. The van der Waals surface area contributed by atoms with Gasteiger partial charge in [0.2, 0.25) is 0 Å². The Balaban J connectivity index is 1.52. The van der Waals surface area contributed by atoms with Crippen LogP contribution in [-0.4, -0.2) is 33.2 Å². The van der Waals surface area contributed by atoms with E-state index in [0.29, 0.717) is 11.9 Å². The third-order valence-electron chi connectivity index (χ3n) is 6.16. The van der Waals surface area contributed by atoms with Crippen molar-refractivity contribution in [2.75, 3.05) is 17.2 Å². The van der Waals surface area contributed by atoms with Crippen molar-refractivity contribution in [2.24, 2.45) is 0 Å². The van der Waals surface area contributed by atoms with Crippen molar-refractivity contribution in [1.82, 2.24) is 19.9 Å². The maximum absolute atomic E-state index is 12.6. The van der Waals surface area contributed by atoms with Gasteiger partial charge in [0, 0.05) is 36.1 Å². The number of hydrogen-bond acceptors (Lipinski definition) is 4. The third-order valence-corrected chi connectivity index (χ3v) is 6.16. The van der Waals surface area contributed by atoms with E-state index in [1.807, 2.05) is 4.90 Å². The van der Waals surface area contributed by atoms with Gasteiger partial charge in [-0.1, -0.05) is 6.07 Å². The molecule has 3 N–H and O–H groups in total. The quantitative estimate of drug-likeness (QED) is 0.710. The molecule has 5 rings (SSSR count). The molecular formula is C22H26N6O. The zero-order chi connectivity index (χ0) is 20.1. The monoisotopic (exact) mass is 390 g/mol. The first-order valence-corrected chi connectivity index (χ1v) is 10.3. The highest BCUT2D eigenvalue weighted by Crippen LogP contribution is 2.38. The Morgan fingerprint density at radius 3 is 2.83 bits per heavy atom. The van der Waals surface area contributed by atoms with E-state index in [0.717, 1.165) is 53.7 Å². The molecule has 0 spiro atoms. The summed E-state index contributed by atoms with van der Waals surface area (Å²) in [4.78, 5) is 23.2. The van der Waals surface area contributed by atoms with Gasteiger partial charge < -0.3 is 15.6 Å². The predicted octanol–water partition coefficient (Wildman–Crippen LogP) is 3.89. The number of nitrogens with two attached hydrogens (primary N) is 1. The predicted molar refractivity (Wildman–Crippen MR) is 115 cm³/mol.